The molecular weight excluding hydrogens is 500 g/mol. The van der Waals surface area contributed by atoms with E-state index in [0.717, 1.165) is 22.3 Å². The largest absolute Gasteiger partial charge is 0.449 e. The molecule has 1 saturated heterocycles. The number of carbonyl (C=O) groups excluding carboxylic acids is 2. The maximum Gasteiger partial charge on any atom is 0.407 e. The summed E-state index contributed by atoms with van der Waals surface area (Å²) >= 11 is 1.49. The minimum atomic E-state index is -1.63. The summed E-state index contributed by atoms with van der Waals surface area (Å²) in [6.07, 6.45) is -5.98. The zero-order valence-electron chi connectivity index (χ0n) is 20.3. The highest BCUT2D eigenvalue weighted by atomic mass is 32.2. The Balaban J connectivity index is 1.39. The van der Waals surface area contributed by atoms with Crippen molar-refractivity contribution in [3.05, 3.63) is 59.7 Å². The van der Waals surface area contributed by atoms with Crippen molar-refractivity contribution in [2.45, 2.75) is 49.0 Å². The summed E-state index contributed by atoms with van der Waals surface area (Å²) in [6.45, 7) is -0.533. The summed E-state index contributed by atoms with van der Waals surface area (Å²) in [6, 6.07) is 14.9. The van der Waals surface area contributed by atoms with Crippen LogP contribution in [0.25, 0.3) is 11.1 Å². The number of thioether (sulfide) groups is 1. The lowest BCUT2D eigenvalue weighted by Crippen LogP contribution is -2.64. The van der Waals surface area contributed by atoms with Crippen LogP contribution < -0.4 is 10.6 Å². The van der Waals surface area contributed by atoms with Gasteiger partial charge >= 0.3 is 6.09 Å². The molecule has 2 amide bonds. The van der Waals surface area contributed by atoms with Crippen molar-refractivity contribution < 1.29 is 39.5 Å². The van der Waals surface area contributed by atoms with E-state index in [1.807, 2.05) is 54.8 Å². The zero-order valence-corrected chi connectivity index (χ0v) is 21.1. The Kier molecular flexibility index (Phi) is 9.06. The Morgan fingerprint density at radius 3 is 2.22 bits per heavy atom. The molecule has 0 saturated carbocycles. The number of benzene rings is 2. The number of aliphatic hydroxyl groups is 4. The van der Waals surface area contributed by atoms with E-state index in [4.69, 9.17) is 9.47 Å². The van der Waals surface area contributed by atoms with Crippen LogP contribution >= 0.6 is 11.8 Å². The average Bonchev–Trinajstić information content (AvgIpc) is 3.23. The van der Waals surface area contributed by atoms with Crippen LogP contribution in [0.2, 0.25) is 0 Å². The molecule has 4 rings (SSSR count). The predicted molar refractivity (Wildman–Crippen MR) is 137 cm³/mol. The summed E-state index contributed by atoms with van der Waals surface area (Å²) < 4.78 is 10.9. The van der Waals surface area contributed by atoms with E-state index >= 15 is 0 Å². The van der Waals surface area contributed by atoms with E-state index < -0.39 is 55.3 Å². The lowest BCUT2D eigenvalue weighted by molar-refractivity contribution is -0.236. The van der Waals surface area contributed by atoms with E-state index in [0.29, 0.717) is 5.75 Å². The number of ether oxygens (including phenoxy) is 2. The molecule has 6 N–H and O–H groups in total. The quantitative estimate of drug-likeness (QED) is 0.272. The molecule has 10 nitrogen and oxygen atoms in total. The third-order valence-corrected chi connectivity index (χ3v) is 7.38. The van der Waals surface area contributed by atoms with Crippen LogP contribution in [-0.4, -0.2) is 94.3 Å². The number of hydrogen-bond acceptors (Lipinski definition) is 9. The van der Waals surface area contributed by atoms with Gasteiger partial charge in [-0.25, -0.2) is 4.79 Å². The number of alkyl carbamates (subject to hydrolysis) is 1. The van der Waals surface area contributed by atoms with Crippen molar-refractivity contribution in [1.29, 1.82) is 0 Å². The van der Waals surface area contributed by atoms with Gasteiger partial charge in [0.25, 0.3) is 0 Å². The molecule has 2 aliphatic rings. The van der Waals surface area contributed by atoms with Crippen LogP contribution in [-0.2, 0) is 14.3 Å². The second-order valence-corrected chi connectivity index (χ2v) is 10.0. The molecule has 0 aromatic heterocycles. The normalized spacial score (nSPS) is 25.6. The summed E-state index contributed by atoms with van der Waals surface area (Å²) in [5.74, 6) is -0.242. The number of nitrogens with one attached hydrogen (secondary N) is 2. The fraction of sp³-hybridized carbons (Fsp3) is 0.462. The van der Waals surface area contributed by atoms with Gasteiger partial charge in [0.1, 0.15) is 37.1 Å². The van der Waals surface area contributed by atoms with Gasteiger partial charge in [-0.1, -0.05) is 48.5 Å². The van der Waals surface area contributed by atoms with Gasteiger partial charge in [-0.05, 0) is 40.7 Å². The minimum Gasteiger partial charge on any atom is -0.449 e. The summed E-state index contributed by atoms with van der Waals surface area (Å²) in [5, 5.41) is 44.6. The lowest BCUT2D eigenvalue weighted by atomic mass is 9.98. The molecule has 0 unspecified atom stereocenters. The molecule has 1 aliphatic carbocycles. The third kappa shape index (κ3) is 5.92. The fourth-order valence-corrected chi connectivity index (χ4v) is 5.22. The van der Waals surface area contributed by atoms with Gasteiger partial charge < -0.3 is 40.5 Å². The first kappa shape index (κ1) is 27.4. The van der Waals surface area contributed by atoms with Gasteiger partial charge in [0.2, 0.25) is 5.91 Å². The number of amides is 2. The molecule has 11 heteroatoms. The van der Waals surface area contributed by atoms with Crippen LogP contribution in [0.3, 0.4) is 0 Å². The van der Waals surface area contributed by atoms with Crippen molar-refractivity contribution in [1.82, 2.24) is 10.6 Å². The highest BCUT2D eigenvalue weighted by Crippen LogP contribution is 2.44. The Labute approximate surface area is 219 Å². The minimum absolute atomic E-state index is 0.0867. The first-order chi connectivity index (χ1) is 17.8. The molecule has 1 heterocycles. The first-order valence-corrected chi connectivity index (χ1v) is 13.5. The molecule has 0 spiro atoms. The number of aliphatic hydroxyl groups excluding tert-OH is 4. The molecule has 0 radical (unpaired) electrons. The highest BCUT2D eigenvalue weighted by Gasteiger charge is 2.44. The van der Waals surface area contributed by atoms with Gasteiger partial charge in [-0.3, -0.25) is 4.79 Å². The molecule has 1 fully saturated rings. The smallest absolute Gasteiger partial charge is 0.407 e. The molecule has 0 bridgehead atoms. The number of rotatable bonds is 9. The Morgan fingerprint density at radius 2 is 1.62 bits per heavy atom. The second kappa shape index (κ2) is 12.2. The summed E-state index contributed by atoms with van der Waals surface area (Å²) in [7, 11) is 0. The molecule has 200 valence electrons. The van der Waals surface area contributed by atoms with Gasteiger partial charge in [-0.2, -0.15) is 11.8 Å². The Hall–Kier alpha value is -2.67. The number of hydrogen-bond donors (Lipinski definition) is 6. The zero-order chi connectivity index (χ0) is 26.5. The Bertz CT molecular complexity index is 1050. The van der Waals surface area contributed by atoms with Crippen LogP contribution in [0, 0.1) is 0 Å². The molecule has 2 aromatic carbocycles. The van der Waals surface area contributed by atoms with Crippen molar-refractivity contribution >= 4 is 23.8 Å². The number of carbonyl (C=O) groups is 2. The van der Waals surface area contributed by atoms with E-state index in [1.165, 1.54) is 11.8 Å². The average molecular weight is 533 g/mol. The van der Waals surface area contributed by atoms with E-state index in [1.54, 1.807) is 0 Å². The van der Waals surface area contributed by atoms with Crippen LogP contribution in [0.4, 0.5) is 4.79 Å². The van der Waals surface area contributed by atoms with Gasteiger partial charge in [0.05, 0.1) is 6.61 Å². The Morgan fingerprint density at radius 1 is 1.00 bits per heavy atom. The van der Waals surface area contributed by atoms with E-state index in [-0.39, 0.29) is 18.9 Å². The fourth-order valence-electron chi connectivity index (χ4n) is 4.75. The van der Waals surface area contributed by atoms with Crippen LogP contribution in [0.5, 0.6) is 0 Å². The maximum absolute atomic E-state index is 13.0. The molecular formula is C26H32N2O8S. The van der Waals surface area contributed by atoms with Gasteiger partial charge in [-0.15, -0.1) is 0 Å². The summed E-state index contributed by atoms with van der Waals surface area (Å²) in [4.78, 5) is 25.7. The first-order valence-electron chi connectivity index (χ1n) is 12.1. The summed E-state index contributed by atoms with van der Waals surface area (Å²) in [5.41, 5.74) is 4.33. The van der Waals surface area contributed by atoms with Crippen molar-refractivity contribution in [2.24, 2.45) is 0 Å². The number of fused-ring (bicyclic) bond motifs is 3. The van der Waals surface area contributed by atoms with Crippen molar-refractivity contribution in [3.8, 4) is 11.1 Å². The molecule has 1 aliphatic heterocycles. The third-order valence-electron chi connectivity index (χ3n) is 6.74. The van der Waals surface area contributed by atoms with Gasteiger partial charge in [0, 0.05) is 5.92 Å². The van der Waals surface area contributed by atoms with Crippen LogP contribution in [0.15, 0.2) is 48.5 Å². The van der Waals surface area contributed by atoms with E-state index in [9.17, 15) is 30.0 Å². The van der Waals surface area contributed by atoms with Crippen molar-refractivity contribution in [2.75, 3.05) is 25.2 Å². The molecule has 6 atom stereocenters. The SMILES string of the molecule is CSCC[C@H](NC(=O)OCC1c2ccccc2-c2ccccc21)C(=O)N[C@@H]1O[C@H](CO)[C@@H](O)[C@H](O)[C@H]1O. The van der Waals surface area contributed by atoms with Crippen molar-refractivity contribution in [3.63, 3.8) is 0 Å². The maximum atomic E-state index is 13.0. The van der Waals surface area contributed by atoms with E-state index in [2.05, 4.69) is 10.6 Å². The predicted octanol–water partition coefficient (Wildman–Crippen LogP) is 0.563. The monoisotopic (exact) mass is 532 g/mol. The molecule has 2 aromatic rings. The molecule has 37 heavy (non-hydrogen) atoms. The highest BCUT2D eigenvalue weighted by molar-refractivity contribution is 7.98. The van der Waals surface area contributed by atoms with Gasteiger partial charge in [0.15, 0.2) is 6.23 Å². The van der Waals surface area contributed by atoms with Crippen LogP contribution in [0.1, 0.15) is 23.5 Å². The standard InChI is InChI=1S/C26H32N2O8S/c1-37-11-10-19(24(33)28-25-23(32)22(31)21(30)20(12-29)36-25)27-26(34)35-13-18-16-8-4-2-6-14(16)15-7-3-5-9-17(15)18/h2-9,18-23,25,29-32H,10-13H2,1H3,(H,27,34)(H,28,33)/t19-,20+,21+,22-,23+,25+/m0/s1. The lowest BCUT2D eigenvalue weighted by Gasteiger charge is -2.40. The second-order valence-electron chi connectivity index (χ2n) is 9.06. The topological polar surface area (TPSA) is 158 Å².